The van der Waals surface area contributed by atoms with E-state index in [-0.39, 0.29) is 0 Å². The van der Waals surface area contributed by atoms with Gasteiger partial charge in [0.1, 0.15) is 0 Å². The van der Waals surface area contributed by atoms with Crippen LogP contribution in [0.2, 0.25) is 0 Å². The van der Waals surface area contributed by atoms with E-state index in [1.807, 2.05) is 0 Å². The van der Waals surface area contributed by atoms with Gasteiger partial charge in [-0.1, -0.05) is 19.3 Å². The van der Waals surface area contributed by atoms with Crippen LogP contribution in [0.4, 0.5) is 0 Å². The summed E-state index contributed by atoms with van der Waals surface area (Å²) in [7, 11) is 0. The third-order valence-corrected chi connectivity index (χ3v) is 3.10. The summed E-state index contributed by atoms with van der Waals surface area (Å²) < 4.78 is 0. The summed E-state index contributed by atoms with van der Waals surface area (Å²) >= 11 is 0. The Hall–Kier alpha value is -0.0800. The second kappa shape index (κ2) is 4.24. The predicted octanol–water partition coefficient (Wildman–Crippen LogP) is 1.62. The van der Waals surface area contributed by atoms with E-state index in [9.17, 15) is 0 Å². The zero-order valence-electron chi connectivity index (χ0n) is 7.81. The molecule has 0 bridgehead atoms. The summed E-state index contributed by atoms with van der Waals surface area (Å²) in [6.07, 6.45) is 10.4. The second-order valence-corrected chi connectivity index (χ2v) is 4.15. The molecule has 1 saturated heterocycles. The van der Waals surface area contributed by atoms with E-state index in [2.05, 4.69) is 10.6 Å². The van der Waals surface area contributed by atoms with E-state index in [1.165, 1.54) is 51.5 Å². The molecule has 0 amide bonds. The van der Waals surface area contributed by atoms with E-state index in [0.29, 0.717) is 6.17 Å². The van der Waals surface area contributed by atoms with E-state index < -0.39 is 0 Å². The Labute approximate surface area is 75.1 Å². The van der Waals surface area contributed by atoms with Crippen LogP contribution in [0.3, 0.4) is 0 Å². The molecule has 1 heterocycles. The van der Waals surface area contributed by atoms with Gasteiger partial charge in [-0.25, -0.2) is 0 Å². The molecular formula is C10H20N2. The summed E-state index contributed by atoms with van der Waals surface area (Å²) in [6, 6.07) is 0.814. The molecule has 2 N–H and O–H groups in total. The first-order valence-electron chi connectivity index (χ1n) is 5.44. The molecule has 2 fully saturated rings. The van der Waals surface area contributed by atoms with Crippen molar-refractivity contribution in [1.29, 1.82) is 0 Å². The molecular weight excluding hydrogens is 148 g/mol. The molecule has 2 rings (SSSR count). The van der Waals surface area contributed by atoms with E-state index in [4.69, 9.17) is 0 Å². The average molecular weight is 168 g/mol. The molecule has 1 aliphatic heterocycles. The van der Waals surface area contributed by atoms with Gasteiger partial charge in [-0.3, -0.25) is 5.32 Å². The second-order valence-electron chi connectivity index (χ2n) is 4.15. The summed E-state index contributed by atoms with van der Waals surface area (Å²) in [5, 5.41) is 7.20. The minimum Gasteiger partial charge on any atom is -0.302 e. The topological polar surface area (TPSA) is 24.1 Å². The third-order valence-electron chi connectivity index (χ3n) is 3.10. The molecule has 1 saturated carbocycles. The molecule has 0 radical (unpaired) electrons. The molecule has 0 aromatic heterocycles. The molecule has 0 spiro atoms. The maximum atomic E-state index is 3.71. The maximum absolute atomic E-state index is 3.71. The lowest BCUT2D eigenvalue weighted by Crippen LogP contribution is -2.44. The Morgan fingerprint density at radius 3 is 2.42 bits per heavy atom. The molecule has 2 aliphatic rings. The van der Waals surface area contributed by atoms with Crippen molar-refractivity contribution in [2.45, 2.75) is 57.2 Å². The van der Waals surface area contributed by atoms with Gasteiger partial charge in [0.15, 0.2) is 0 Å². The lowest BCUT2D eigenvalue weighted by molar-refractivity contribution is 0.325. The van der Waals surface area contributed by atoms with Crippen LogP contribution >= 0.6 is 0 Å². The highest BCUT2D eigenvalue weighted by Crippen LogP contribution is 2.18. The molecule has 2 nitrogen and oxygen atoms in total. The molecule has 70 valence electrons. The molecule has 12 heavy (non-hydrogen) atoms. The highest BCUT2D eigenvalue weighted by atomic mass is 15.1. The SMILES string of the molecule is C1CCC(NC2CCCN2)CC1. The maximum Gasteiger partial charge on any atom is 0.0574 e. The van der Waals surface area contributed by atoms with Crippen molar-refractivity contribution in [3.05, 3.63) is 0 Å². The van der Waals surface area contributed by atoms with Gasteiger partial charge in [-0.15, -0.1) is 0 Å². The lowest BCUT2D eigenvalue weighted by atomic mass is 9.95. The van der Waals surface area contributed by atoms with Gasteiger partial charge in [-0.05, 0) is 32.2 Å². The number of rotatable bonds is 2. The standard InChI is InChI=1S/C10H20N2/c1-2-5-9(6-3-1)12-10-7-4-8-11-10/h9-12H,1-8H2. The summed E-state index contributed by atoms with van der Waals surface area (Å²) in [4.78, 5) is 0. The van der Waals surface area contributed by atoms with Gasteiger partial charge in [0.25, 0.3) is 0 Å². The van der Waals surface area contributed by atoms with Crippen LogP contribution in [-0.2, 0) is 0 Å². The zero-order chi connectivity index (χ0) is 8.23. The fourth-order valence-corrected chi connectivity index (χ4v) is 2.38. The normalized spacial score (nSPS) is 32.5. The zero-order valence-corrected chi connectivity index (χ0v) is 7.81. The first-order valence-corrected chi connectivity index (χ1v) is 5.44. The van der Waals surface area contributed by atoms with Gasteiger partial charge in [0.05, 0.1) is 6.17 Å². The van der Waals surface area contributed by atoms with Gasteiger partial charge in [0.2, 0.25) is 0 Å². The van der Waals surface area contributed by atoms with Crippen molar-refractivity contribution >= 4 is 0 Å². The Bertz CT molecular complexity index is 124. The first-order chi connectivity index (χ1) is 5.95. The van der Waals surface area contributed by atoms with Crippen LogP contribution in [0.25, 0.3) is 0 Å². The fourth-order valence-electron chi connectivity index (χ4n) is 2.38. The molecule has 2 heteroatoms. The summed E-state index contributed by atoms with van der Waals surface area (Å²) in [5.74, 6) is 0. The Morgan fingerprint density at radius 2 is 1.75 bits per heavy atom. The van der Waals surface area contributed by atoms with Crippen LogP contribution < -0.4 is 10.6 Å². The van der Waals surface area contributed by atoms with Crippen LogP contribution in [0, 0.1) is 0 Å². The van der Waals surface area contributed by atoms with Crippen LogP contribution in [-0.4, -0.2) is 18.8 Å². The van der Waals surface area contributed by atoms with Gasteiger partial charge >= 0.3 is 0 Å². The Kier molecular flexibility index (Phi) is 3.01. The molecule has 1 unspecified atom stereocenters. The minimum absolute atomic E-state index is 0.632. The van der Waals surface area contributed by atoms with E-state index in [1.54, 1.807) is 0 Å². The van der Waals surface area contributed by atoms with Crippen molar-refractivity contribution < 1.29 is 0 Å². The van der Waals surface area contributed by atoms with Crippen molar-refractivity contribution in [2.75, 3.05) is 6.54 Å². The third kappa shape index (κ3) is 2.20. The molecule has 0 aromatic carbocycles. The van der Waals surface area contributed by atoms with Crippen LogP contribution in [0.1, 0.15) is 44.9 Å². The van der Waals surface area contributed by atoms with Crippen LogP contribution in [0.5, 0.6) is 0 Å². The van der Waals surface area contributed by atoms with Crippen molar-refractivity contribution in [2.24, 2.45) is 0 Å². The van der Waals surface area contributed by atoms with Gasteiger partial charge in [-0.2, -0.15) is 0 Å². The molecule has 1 aliphatic carbocycles. The van der Waals surface area contributed by atoms with Crippen molar-refractivity contribution in [1.82, 2.24) is 10.6 Å². The van der Waals surface area contributed by atoms with Gasteiger partial charge < -0.3 is 5.32 Å². The smallest absolute Gasteiger partial charge is 0.0574 e. The highest BCUT2D eigenvalue weighted by molar-refractivity contribution is 4.79. The lowest BCUT2D eigenvalue weighted by Gasteiger charge is -2.26. The predicted molar refractivity (Wildman–Crippen MR) is 51.0 cm³/mol. The average Bonchev–Trinajstić information content (AvgIpc) is 2.59. The summed E-state index contributed by atoms with van der Waals surface area (Å²) in [6.45, 7) is 1.21. The number of hydrogen-bond acceptors (Lipinski definition) is 2. The monoisotopic (exact) mass is 168 g/mol. The molecule has 1 atom stereocenters. The van der Waals surface area contributed by atoms with Crippen molar-refractivity contribution in [3.63, 3.8) is 0 Å². The van der Waals surface area contributed by atoms with E-state index >= 15 is 0 Å². The highest BCUT2D eigenvalue weighted by Gasteiger charge is 2.19. The fraction of sp³-hybridized carbons (Fsp3) is 1.00. The van der Waals surface area contributed by atoms with Gasteiger partial charge in [0, 0.05) is 6.04 Å². The minimum atomic E-state index is 0.632. The Morgan fingerprint density at radius 1 is 0.917 bits per heavy atom. The molecule has 0 aromatic rings. The van der Waals surface area contributed by atoms with Crippen molar-refractivity contribution in [3.8, 4) is 0 Å². The largest absolute Gasteiger partial charge is 0.302 e. The van der Waals surface area contributed by atoms with Crippen LogP contribution in [0.15, 0.2) is 0 Å². The first kappa shape index (κ1) is 8.52. The van der Waals surface area contributed by atoms with E-state index in [0.717, 1.165) is 6.04 Å². The number of hydrogen-bond donors (Lipinski definition) is 2. The Balaban J connectivity index is 1.69. The quantitative estimate of drug-likeness (QED) is 0.654. The summed E-state index contributed by atoms with van der Waals surface area (Å²) in [5.41, 5.74) is 0. The number of nitrogens with one attached hydrogen (secondary N) is 2.